The van der Waals surface area contributed by atoms with Crippen LogP contribution >= 0.6 is 0 Å². The first-order chi connectivity index (χ1) is 9.70. The maximum atomic E-state index is 12.4. The number of likely N-dealkylation sites (tertiary alicyclic amines) is 1. The minimum absolute atomic E-state index is 0.0138. The molecule has 0 spiro atoms. The molecule has 0 aliphatic carbocycles. The molecule has 1 N–H and O–H groups in total. The number of aliphatic hydroxyl groups is 1. The summed E-state index contributed by atoms with van der Waals surface area (Å²) in [6, 6.07) is 19.1. The number of aliphatic hydroxyl groups excluding tert-OH is 1. The van der Waals surface area contributed by atoms with Crippen molar-refractivity contribution < 1.29 is 9.90 Å². The van der Waals surface area contributed by atoms with Crippen molar-refractivity contribution in [1.29, 1.82) is 0 Å². The topological polar surface area (TPSA) is 40.5 Å². The van der Waals surface area contributed by atoms with Crippen LogP contribution in [0.15, 0.2) is 60.7 Å². The maximum Gasteiger partial charge on any atom is 0.237 e. The fourth-order valence-electron chi connectivity index (χ4n) is 2.78. The first-order valence-corrected chi connectivity index (χ1v) is 6.80. The molecular weight excluding hydrogens is 250 g/mol. The molecule has 2 aromatic rings. The molecule has 3 rings (SSSR count). The van der Waals surface area contributed by atoms with Crippen LogP contribution in [-0.4, -0.2) is 22.1 Å². The summed E-state index contributed by atoms with van der Waals surface area (Å²) < 4.78 is 0. The molecule has 3 unspecified atom stereocenters. The molecular formula is C17H17NO2. The van der Waals surface area contributed by atoms with Crippen LogP contribution < -0.4 is 0 Å². The Kier molecular flexibility index (Phi) is 3.28. The summed E-state index contributed by atoms with van der Waals surface area (Å²) in [5.74, 6) is -0.442. The van der Waals surface area contributed by atoms with Gasteiger partial charge in [0.2, 0.25) is 5.91 Å². The van der Waals surface area contributed by atoms with Crippen molar-refractivity contribution >= 4 is 5.91 Å². The second-order valence-electron chi connectivity index (χ2n) is 5.13. The van der Waals surface area contributed by atoms with Crippen LogP contribution in [0.2, 0.25) is 0 Å². The fraction of sp³-hybridized carbons (Fsp3) is 0.235. The third-order valence-electron chi connectivity index (χ3n) is 3.96. The second-order valence-corrected chi connectivity index (χ2v) is 5.13. The predicted octanol–water partition coefficient (Wildman–Crippen LogP) is 2.69. The van der Waals surface area contributed by atoms with Crippen molar-refractivity contribution in [3.63, 3.8) is 0 Å². The molecule has 3 nitrogen and oxygen atoms in total. The lowest BCUT2D eigenvalue weighted by Crippen LogP contribution is -2.59. The zero-order chi connectivity index (χ0) is 14.1. The highest BCUT2D eigenvalue weighted by atomic mass is 16.3. The van der Waals surface area contributed by atoms with Gasteiger partial charge in [0.1, 0.15) is 12.1 Å². The summed E-state index contributed by atoms with van der Waals surface area (Å²) in [7, 11) is 0. The number of rotatable bonds is 3. The first kappa shape index (κ1) is 12.9. The molecule has 1 aliphatic heterocycles. The third kappa shape index (κ3) is 2.00. The van der Waals surface area contributed by atoms with Crippen LogP contribution in [0.1, 0.15) is 30.0 Å². The minimum Gasteiger partial charge on any atom is -0.372 e. The van der Waals surface area contributed by atoms with E-state index in [1.807, 2.05) is 67.6 Å². The molecule has 1 saturated heterocycles. The van der Waals surface area contributed by atoms with Gasteiger partial charge in [0.05, 0.1) is 6.04 Å². The predicted molar refractivity (Wildman–Crippen MR) is 76.9 cm³/mol. The van der Waals surface area contributed by atoms with Gasteiger partial charge in [-0.1, -0.05) is 60.7 Å². The van der Waals surface area contributed by atoms with Gasteiger partial charge in [0.15, 0.2) is 0 Å². The quantitative estimate of drug-likeness (QED) is 0.869. The smallest absolute Gasteiger partial charge is 0.237 e. The SMILES string of the molecule is CC(c1ccccc1)N1C(=O)C(c2ccccc2)C1O. The number of amides is 1. The lowest BCUT2D eigenvalue weighted by atomic mass is 9.86. The van der Waals surface area contributed by atoms with Gasteiger partial charge in [0, 0.05) is 0 Å². The minimum atomic E-state index is -0.750. The van der Waals surface area contributed by atoms with Crippen molar-refractivity contribution in [2.75, 3.05) is 0 Å². The summed E-state index contributed by atoms with van der Waals surface area (Å²) in [6.45, 7) is 1.94. The average molecular weight is 267 g/mol. The molecule has 2 aromatic carbocycles. The number of β-lactam (4-membered cyclic amide) rings is 1. The summed E-state index contributed by atoms with van der Waals surface area (Å²) in [5.41, 5.74) is 1.91. The van der Waals surface area contributed by atoms with Gasteiger partial charge in [-0.15, -0.1) is 0 Å². The average Bonchev–Trinajstić information content (AvgIpc) is 2.49. The van der Waals surface area contributed by atoms with E-state index in [9.17, 15) is 9.90 Å². The standard InChI is InChI=1S/C17H17NO2/c1-12(13-8-4-2-5-9-13)18-16(19)15(17(18)20)14-10-6-3-7-11-14/h2-12,15-16,19H,1H3. The van der Waals surface area contributed by atoms with Crippen LogP contribution in [0.4, 0.5) is 0 Å². The third-order valence-corrected chi connectivity index (χ3v) is 3.96. The van der Waals surface area contributed by atoms with Gasteiger partial charge >= 0.3 is 0 Å². The normalized spacial score (nSPS) is 23.3. The highest BCUT2D eigenvalue weighted by Crippen LogP contribution is 2.39. The number of hydrogen-bond donors (Lipinski definition) is 1. The largest absolute Gasteiger partial charge is 0.372 e. The summed E-state index contributed by atoms with van der Waals surface area (Å²) in [6.07, 6.45) is -0.750. The van der Waals surface area contributed by atoms with Crippen LogP contribution in [0.5, 0.6) is 0 Å². The van der Waals surface area contributed by atoms with E-state index < -0.39 is 12.1 Å². The first-order valence-electron chi connectivity index (χ1n) is 6.80. The van der Waals surface area contributed by atoms with E-state index in [4.69, 9.17) is 0 Å². The molecule has 1 amide bonds. The van der Waals surface area contributed by atoms with E-state index in [0.29, 0.717) is 0 Å². The molecule has 1 fully saturated rings. The number of carbonyl (C=O) groups excluding carboxylic acids is 1. The van der Waals surface area contributed by atoms with Gasteiger partial charge in [-0.05, 0) is 18.1 Å². The van der Waals surface area contributed by atoms with Crippen LogP contribution in [0.3, 0.4) is 0 Å². The van der Waals surface area contributed by atoms with Crippen molar-refractivity contribution in [3.05, 3.63) is 71.8 Å². The van der Waals surface area contributed by atoms with E-state index in [0.717, 1.165) is 11.1 Å². The van der Waals surface area contributed by atoms with E-state index in [2.05, 4.69) is 0 Å². The molecule has 20 heavy (non-hydrogen) atoms. The lowest BCUT2D eigenvalue weighted by molar-refractivity contribution is -0.177. The molecule has 3 atom stereocenters. The van der Waals surface area contributed by atoms with E-state index >= 15 is 0 Å². The van der Waals surface area contributed by atoms with Gasteiger partial charge in [-0.25, -0.2) is 0 Å². The number of hydrogen-bond acceptors (Lipinski definition) is 2. The monoisotopic (exact) mass is 267 g/mol. The summed E-state index contributed by atoms with van der Waals surface area (Å²) >= 11 is 0. The zero-order valence-corrected chi connectivity index (χ0v) is 11.3. The molecule has 0 radical (unpaired) electrons. The second kappa shape index (κ2) is 5.10. The molecule has 1 aliphatic rings. The van der Waals surface area contributed by atoms with E-state index in [1.165, 1.54) is 0 Å². The van der Waals surface area contributed by atoms with Crippen molar-refractivity contribution in [1.82, 2.24) is 4.90 Å². The van der Waals surface area contributed by atoms with Gasteiger partial charge in [-0.3, -0.25) is 4.79 Å². The van der Waals surface area contributed by atoms with Gasteiger partial charge in [-0.2, -0.15) is 0 Å². The zero-order valence-electron chi connectivity index (χ0n) is 11.3. The van der Waals surface area contributed by atoms with Crippen LogP contribution in [0.25, 0.3) is 0 Å². The van der Waals surface area contributed by atoms with Crippen LogP contribution in [0, 0.1) is 0 Å². The number of nitrogens with zero attached hydrogens (tertiary/aromatic N) is 1. The van der Waals surface area contributed by atoms with Crippen molar-refractivity contribution in [2.45, 2.75) is 25.1 Å². The maximum absolute atomic E-state index is 12.4. The highest BCUT2D eigenvalue weighted by Gasteiger charge is 2.49. The van der Waals surface area contributed by atoms with E-state index in [1.54, 1.807) is 4.90 Å². The number of benzene rings is 2. The summed E-state index contributed by atoms with van der Waals surface area (Å²) in [5, 5.41) is 10.3. The van der Waals surface area contributed by atoms with Gasteiger partial charge in [0.25, 0.3) is 0 Å². The molecule has 102 valence electrons. The van der Waals surface area contributed by atoms with Crippen molar-refractivity contribution in [3.8, 4) is 0 Å². The Morgan fingerprint density at radius 3 is 2.10 bits per heavy atom. The fourth-order valence-corrected chi connectivity index (χ4v) is 2.78. The molecule has 1 heterocycles. The Balaban J connectivity index is 1.80. The Morgan fingerprint density at radius 1 is 1.00 bits per heavy atom. The van der Waals surface area contributed by atoms with Crippen LogP contribution in [-0.2, 0) is 4.79 Å². The Labute approximate surface area is 118 Å². The highest BCUT2D eigenvalue weighted by molar-refractivity contribution is 5.90. The molecule has 0 saturated carbocycles. The summed E-state index contributed by atoms with van der Waals surface area (Å²) in [4.78, 5) is 13.9. The number of carbonyl (C=O) groups is 1. The lowest BCUT2D eigenvalue weighted by Gasteiger charge is -2.47. The Morgan fingerprint density at radius 2 is 1.55 bits per heavy atom. The molecule has 0 aromatic heterocycles. The van der Waals surface area contributed by atoms with Crippen molar-refractivity contribution in [2.24, 2.45) is 0 Å². The molecule has 3 heteroatoms. The van der Waals surface area contributed by atoms with Gasteiger partial charge < -0.3 is 10.0 Å². The Hall–Kier alpha value is -2.13. The van der Waals surface area contributed by atoms with E-state index in [-0.39, 0.29) is 11.9 Å². The molecule has 0 bridgehead atoms. The Bertz CT molecular complexity index is 597.